The first-order valence-electron chi connectivity index (χ1n) is 6.26. The first-order valence-corrected chi connectivity index (χ1v) is 6.26. The summed E-state index contributed by atoms with van der Waals surface area (Å²) in [5, 5.41) is 14.0. The van der Waals surface area contributed by atoms with Gasteiger partial charge in [-0.15, -0.1) is 0 Å². The van der Waals surface area contributed by atoms with Gasteiger partial charge in [0.15, 0.2) is 6.61 Å². The van der Waals surface area contributed by atoms with E-state index in [-0.39, 0.29) is 11.4 Å². The number of aliphatic carboxylic acids is 1. The standard InChI is InChI=1S/C14H20N2O4/c1-14(2,3)9-15-13(19)16-10-6-4-5-7-11(10)20-8-12(17)18/h4-7H,8-9H2,1-3H3,(H,17,18)(H2,15,16,19). The van der Waals surface area contributed by atoms with Gasteiger partial charge < -0.3 is 20.5 Å². The van der Waals surface area contributed by atoms with Gasteiger partial charge in [-0.2, -0.15) is 0 Å². The number of carbonyl (C=O) groups excluding carboxylic acids is 1. The van der Waals surface area contributed by atoms with Gasteiger partial charge >= 0.3 is 12.0 Å². The number of para-hydroxylation sites is 2. The summed E-state index contributed by atoms with van der Waals surface area (Å²) in [5.74, 6) is -0.752. The zero-order chi connectivity index (χ0) is 15.2. The molecule has 0 saturated heterocycles. The molecule has 1 aromatic carbocycles. The number of anilines is 1. The monoisotopic (exact) mass is 280 g/mol. The number of hydrogen-bond donors (Lipinski definition) is 3. The normalized spacial score (nSPS) is 10.8. The zero-order valence-electron chi connectivity index (χ0n) is 11.9. The molecule has 0 aliphatic rings. The van der Waals surface area contributed by atoms with E-state index in [9.17, 15) is 9.59 Å². The van der Waals surface area contributed by atoms with Crippen LogP contribution >= 0.6 is 0 Å². The largest absolute Gasteiger partial charge is 0.480 e. The molecule has 0 aromatic heterocycles. The molecule has 6 heteroatoms. The summed E-state index contributed by atoms with van der Waals surface area (Å²) >= 11 is 0. The maximum Gasteiger partial charge on any atom is 0.341 e. The highest BCUT2D eigenvalue weighted by Gasteiger charge is 2.13. The van der Waals surface area contributed by atoms with E-state index >= 15 is 0 Å². The van der Waals surface area contributed by atoms with Gasteiger partial charge in [0.2, 0.25) is 0 Å². The summed E-state index contributed by atoms with van der Waals surface area (Å²) in [6.07, 6.45) is 0. The van der Waals surface area contributed by atoms with Gasteiger partial charge in [-0.1, -0.05) is 32.9 Å². The number of carbonyl (C=O) groups is 2. The summed E-state index contributed by atoms with van der Waals surface area (Å²) in [5.41, 5.74) is 0.414. The minimum Gasteiger partial charge on any atom is -0.480 e. The lowest BCUT2D eigenvalue weighted by molar-refractivity contribution is -0.139. The molecule has 0 radical (unpaired) electrons. The Hall–Kier alpha value is -2.24. The topological polar surface area (TPSA) is 87.7 Å². The van der Waals surface area contributed by atoms with E-state index in [1.807, 2.05) is 20.8 Å². The van der Waals surface area contributed by atoms with Crippen molar-refractivity contribution in [2.45, 2.75) is 20.8 Å². The first-order chi connectivity index (χ1) is 9.28. The first kappa shape index (κ1) is 15.8. The third-order valence-corrected chi connectivity index (χ3v) is 2.27. The van der Waals surface area contributed by atoms with Gasteiger partial charge in [0.25, 0.3) is 0 Å². The van der Waals surface area contributed by atoms with E-state index < -0.39 is 12.6 Å². The molecule has 0 fully saturated rings. The molecule has 20 heavy (non-hydrogen) atoms. The van der Waals surface area contributed by atoms with E-state index in [0.717, 1.165) is 0 Å². The number of carboxylic acids is 1. The minimum atomic E-state index is -1.07. The number of carboxylic acid groups (broad SMARTS) is 1. The van der Waals surface area contributed by atoms with Crippen LogP contribution in [0.15, 0.2) is 24.3 Å². The SMILES string of the molecule is CC(C)(C)CNC(=O)Nc1ccccc1OCC(=O)O. The number of amides is 2. The average Bonchev–Trinajstić information content (AvgIpc) is 2.34. The highest BCUT2D eigenvalue weighted by Crippen LogP contribution is 2.23. The predicted octanol–water partition coefficient (Wildman–Crippen LogP) is 2.32. The summed E-state index contributed by atoms with van der Waals surface area (Å²) < 4.78 is 5.10. The fraction of sp³-hybridized carbons (Fsp3) is 0.429. The molecule has 110 valence electrons. The van der Waals surface area contributed by atoms with E-state index in [4.69, 9.17) is 9.84 Å². The van der Waals surface area contributed by atoms with E-state index in [2.05, 4.69) is 10.6 Å². The third-order valence-electron chi connectivity index (χ3n) is 2.27. The van der Waals surface area contributed by atoms with Crippen LogP contribution < -0.4 is 15.4 Å². The molecule has 0 aliphatic heterocycles. The second-order valence-electron chi connectivity index (χ2n) is 5.55. The van der Waals surface area contributed by atoms with Gasteiger partial charge in [0.1, 0.15) is 5.75 Å². The molecule has 6 nitrogen and oxygen atoms in total. The van der Waals surface area contributed by atoms with Crippen molar-refractivity contribution in [3.8, 4) is 5.75 Å². The molecule has 0 unspecified atom stereocenters. The fourth-order valence-electron chi connectivity index (χ4n) is 1.35. The van der Waals surface area contributed by atoms with Crippen molar-refractivity contribution in [1.29, 1.82) is 0 Å². The molecule has 1 aromatic rings. The Morgan fingerprint density at radius 1 is 1.25 bits per heavy atom. The lowest BCUT2D eigenvalue weighted by Gasteiger charge is -2.19. The molecular formula is C14H20N2O4. The molecule has 0 aliphatic carbocycles. The zero-order valence-corrected chi connectivity index (χ0v) is 11.9. The van der Waals surface area contributed by atoms with Crippen LogP contribution in [0.3, 0.4) is 0 Å². The Morgan fingerprint density at radius 3 is 2.50 bits per heavy atom. The summed E-state index contributed by atoms with van der Waals surface area (Å²) in [6, 6.07) is 6.32. The molecule has 0 bridgehead atoms. The molecule has 0 atom stereocenters. The molecule has 1 rings (SSSR count). The number of rotatable bonds is 5. The maximum atomic E-state index is 11.8. The Morgan fingerprint density at radius 2 is 1.90 bits per heavy atom. The highest BCUT2D eigenvalue weighted by molar-refractivity contribution is 5.91. The van der Waals surface area contributed by atoms with Crippen molar-refractivity contribution >= 4 is 17.7 Å². The predicted molar refractivity (Wildman–Crippen MR) is 76.0 cm³/mol. The van der Waals surface area contributed by atoms with Gasteiger partial charge in [-0.05, 0) is 17.5 Å². The van der Waals surface area contributed by atoms with Crippen LogP contribution in [0, 0.1) is 5.41 Å². The van der Waals surface area contributed by atoms with Crippen molar-refractivity contribution in [1.82, 2.24) is 5.32 Å². The molecule has 0 heterocycles. The summed E-state index contributed by atoms with van der Waals surface area (Å²) in [4.78, 5) is 22.2. The van der Waals surface area contributed by atoms with Crippen molar-refractivity contribution in [3.63, 3.8) is 0 Å². The van der Waals surface area contributed by atoms with E-state index in [1.54, 1.807) is 24.3 Å². The lowest BCUT2D eigenvalue weighted by atomic mass is 9.97. The van der Waals surface area contributed by atoms with E-state index in [0.29, 0.717) is 18.0 Å². The molecule has 0 spiro atoms. The summed E-state index contributed by atoms with van der Waals surface area (Å²) in [7, 11) is 0. The second-order valence-corrected chi connectivity index (χ2v) is 5.55. The maximum absolute atomic E-state index is 11.8. The van der Waals surface area contributed by atoms with Gasteiger partial charge in [0, 0.05) is 6.54 Å². The Bertz CT molecular complexity index is 480. The van der Waals surface area contributed by atoms with Crippen LogP contribution in [0.4, 0.5) is 10.5 Å². The van der Waals surface area contributed by atoms with Crippen molar-refractivity contribution in [2.75, 3.05) is 18.5 Å². The van der Waals surface area contributed by atoms with Crippen LogP contribution in [0.2, 0.25) is 0 Å². The van der Waals surface area contributed by atoms with Crippen LogP contribution in [-0.2, 0) is 4.79 Å². The average molecular weight is 280 g/mol. The quantitative estimate of drug-likeness (QED) is 0.772. The minimum absolute atomic E-state index is 0.0172. The van der Waals surface area contributed by atoms with Crippen LogP contribution in [0.1, 0.15) is 20.8 Å². The van der Waals surface area contributed by atoms with Crippen LogP contribution in [0.5, 0.6) is 5.75 Å². The second kappa shape index (κ2) is 6.79. The van der Waals surface area contributed by atoms with Gasteiger partial charge in [-0.25, -0.2) is 9.59 Å². The number of ether oxygens (including phenoxy) is 1. The number of hydrogen-bond acceptors (Lipinski definition) is 3. The Labute approximate surface area is 118 Å². The van der Waals surface area contributed by atoms with Crippen molar-refractivity contribution < 1.29 is 19.4 Å². The summed E-state index contributed by atoms with van der Waals surface area (Å²) in [6.45, 7) is 6.10. The fourth-order valence-corrected chi connectivity index (χ4v) is 1.35. The van der Waals surface area contributed by atoms with E-state index in [1.165, 1.54) is 0 Å². The highest BCUT2D eigenvalue weighted by atomic mass is 16.5. The van der Waals surface area contributed by atoms with Gasteiger partial charge in [0.05, 0.1) is 5.69 Å². The number of benzene rings is 1. The van der Waals surface area contributed by atoms with Crippen LogP contribution in [-0.4, -0.2) is 30.3 Å². The van der Waals surface area contributed by atoms with Crippen molar-refractivity contribution in [3.05, 3.63) is 24.3 Å². The third kappa shape index (κ3) is 6.08. The molecular weight excluding hydrogens is 260 g/mol. The smallest absolute Gasteiger partial charge is 0.341 e. The van der Waals surface area contributed by atoms with Crippen LogP contribution in [0.25, 0.3) is 0 Å². The number of urea groups is 1. The number of nitrogens with one attached hydrogen (secondary N) is 2. The van der Waals surface area contributed by atoms with Crippen molar-refractivity contribution in [2.24, 2.45) is 5.41 Å². The molecule has 0 saturated carbocycles. The Balaban J connectivity index is 2.62. The van der Waals surface area contributed by atoms with Gasteiger partial charge in [-0.3, -0.25) is 0 Å². The Kier molecular flexibility index (Phi) is 5.37. The lowest BCUT2D eigenvalue weighted by Crippen LogP contribution is -2.35. The molecule has 3 N–H and O–H groups in total. The molecule has 2 amide bonds.